The van der Waals surface area contributed by atoms with E-state index in [0.717, 1.165) is 36.1 Å². The number of urea groups is 1. The van der Waals surface area contributed by atoms with Gasteiger partial charge in [0.25, 0.3) is 5.91 Å². The Balaban J connectivity index is 1.59. The maximum atomic E-state index is 13.0. The van der Waals surface area contributed by atoms with Crippen LogP contribution in [0, 0.1) is 5.92 Å². The lowest BCUT2D eigenvalue weighted by atomic mass is 9.73. The minimum absolute atomic E-state index is 0.0324. The van der Waals surface area contributed by atoms with Gasteiger partial charge in [-0.25, -0.2) is 4.79 Å². The SMILES string of the molecule is CCc1ccccc1NC(=O)CN(C)C(=O)CN1C(=O)N[C@]2(CCCC[C@@H]2C)C1=O. The van der Waals surface area contributed by atoms with Gasteiger partial charge in [0, 0.05) is 12.7 Å². The third-order valence-electron chi connectivity index (χ3n) is 6.27. The van der Waals surface area contributed by atoms with E-state index in [4.69, 9.17) is 0 Å². The fraction of sp³-hybridized carbons (Fsp3) is 0.545. The van der Waals surface area contributed by atoms with Gasteiger partial charge in [0.2, 0.25) is 11.8 Å². The molecule has 0 radical (unpaired) electrons. The summed E-state index contributed by atoms with van der Waals surface area (Å²) in [5.41, 5.74) is 0.828. The van der Waals surface area contributed by atoms with Crippen LogP contribution in [0.3, 0.4) is 0 Å². The highest BCUT2D eigenvalue weighted by Gasteiger charge is 2.55. The van der Waals surface area contributed by atoms with Crippen molar-refractivity contribution in [2.75, 3.05) is 25.5 Å². The number of nitrogens with zero attached hydrogens (tertiary/aromatic N) is 2. The van der Waals surface area contributed by atoms with Gasteiger partial charge in [-0.1, -0.05) is 44.9 Å². The Kier molecular flexibility index (Phi) is 6.43. The Labute approximate surface area is 177 Å². The van der Waals surface area contributed by atoms with Crippen molar-refractivity contribution in [3.05, 3.63) is 29.8 Å². The average molecular weight is 415 g/mol. The van der Waals surface area contributed by atoms with Crippen molar-refractivity contribution in [3.8, 4) is 0 Å². The maximum absolute atomic E-state index is 13.0. The number of hydrogen-bond acceptors (Lipinski definition) is 4. The van der Waals surface area contributed by atoms with E-state index in [1.165, 1.54) is 11.9 Å². The summed E-state index contributed by atoms with van der Waals surface area (Å²) in [7, 11) is 1.49. The monoisotopic (exact) mass is 414 g/mol. The van der Waals surface area contributed by atoms with Crippen molar-refractivity contribution in [1.82, 2.24) is 15.1 Å². The predicted molar refractivity (Wildman–Crippen MR) is 113 cm³/mol. The first kappa shape index (κ1) is 21.8. The van der Waals surface area contributed by atoms with E-state index in [1.54, 1.807) is 0 Å². The zero-order chi connectivity index (χ0) is 21.9. The van der Waals surface area contributed by atoms with Crippen LogP contribution in [0.4, 0.5) is 10.5 Å². The number of hydrogen-bond donors (Lipinski definition) is 2. The van der Waals surface area contributed by atoms with Crippen molar-refractivity contribution in [1.29, 1.82) is 0 Å². The van der Waals surface area contributed by atoms with Gasteiger partial charge >= 0.3 is 6.03 Å². The van der Waals surface area contributed by atoms with Crippen molar-refractivity contribution < 1.29 is 19.2 Å². The Bertz CT molecular complexity index is 855. The smallest absolute Gasteiger partial charge is 0.325 e. The molecule has 8 nitrogen and oxygen atoms in total. The summed E-state index contributed by atoms with van der Waals surface area (Å²) < 4.78 is 0. The summed E-state index contributed by atoms with van der Waals surface area (Å²) in [5, 5.41) is 5.65. The lowest BCUT2D eigenvalue weighted by molar-refractivity contribution is -0.140. The van der Waals surface area contributed by atoms with Gasteiger partial charge in [0.05, 0.1) is 6.54 Å². The number of amides is 5. The Morgan fingerprint density at radius 2 is 2.00 bits per heavy atom. The number of aryl methyl sites for hydroxylation is 1. The van der Waals surface area contributed by atoms with E-state index < -0.39 is 17.5 Å². The fourth-order valence-corrected chi connectivity index (χ4v) is 4.34. The van der Waals surface area contributed by atoms with Crippen LogP contribution in [-0.4, -0.2) is 59.2 Å². The number of carbonyl (C=O) groups excluding carboxylic acids is 4. The van der Waals surface area contributed by atoms with Gasteiger partial charge in [0.1, 0.15) is 12.1 Å². The fourth-order valence-electron chi connectivity index (χ4n) is 4.34. The minimum atomic E-state index is -0.893. The first-order chi connectivity index (χ1) is 14.3. The molecule has 2 N–H and O–H groups in total. The first-order valence-corrected chi connectivity index (χ1v) is 10.5. The molecular weight excluding hydrogens is 384 g/mol. The molecule has 1 saturated carbocycles. The van der Waals surface area contributed by atoms with Crippen LogP contribution in [0.2, 0.25) is 0 Å². The number of carbonyl (C=O) groups is 4. The quantitative estimate of drug-likeness (QED) is 0.697. The second-order valence-corrected chi connectivity index (χ2v) is 8.25. The largest absolute Gasteiger partial charge is 0.335 e. The maximum Gasteiger partial charge on any atom is 0.325 e. The lowest BCUT2D eigenvalue weighted by Gasteiger charge is -2.36. The molecular formula is C22H30N4O4. The molecule has 2 fully saturated rings. The lowest BCUT2D eigenvalue weighted by Crippen LogP contribution is -2.54. The van der Waals surface area contributed by atoms with Crippen LogP contribution in [-0.2, 0) is 20.8 Å². The third-order valence-corrected chi connectivity index (χ3v) is 6.27. The van der Waals surface area contributed by atoms with Crippen LogP contribution in [0.1, 0.15) is 45.1 Å². The average Bonchev–Trinajstić information content (AvgIpc) is 2.95. The minimum Gasteiger partial charge on any atom is -0.335 e. The molecule has 5 amide bonds. The predicted octanol–water partition coefficient (Wildman–Crippen LogP) is 2.15. The number of para-hydroxylation sites is 1. The first-order valence-electron chi connectivity index (χ1n) is 10.5. The van der Waals surface area contributed by atoms with Crippen molar-refractivity contribution >= 4 is 29.4 Å². The van der Waals surface area contributed by atoms with Gasteiger partial charge in [-0.3, -0.25) is 19.3 Å². The van der Waals surface area contributed by atoms with Gasteiger partial charge in [-0.15, -0.1) is 0 Å². The van der Waals surface area contributed by atoms with Gasteiger partial charge in [-0.05, 0) is 36.8 Å². The highest BCUT2D eigenvalue weighted by Crippen LogP contribution is 2.38. The molecule has 1 aliphatic carbocycles. The molecule has 1 saturated heterocycles. The van der Waals surface area contributed by atoms with E-state index in [0.29, 0.717) is 12.1 Å². The number of anilines is 1. The topological polar surface area (TPSA) is 98.8 Å². The number of imide groups is 1. The molecule has 0 bridgehead atoms. The summed E-state index contributed by atoms with van der Waals surface area (Å²) in [6.07, 6.45) is 4.14. The van der Waals surface area contributed by atoms with Gasteiger partial charge in [-0.2, -0.15) is 0 Å². The number of nitrogens with one attached hydrogen (secondary N) is 2. The summed E-state index contributed by atoms with van der Waals surface area (Å²) in [5.74, 6) is -1.09. The zero-order valence-corrected chi connectivity index (χ0v) is 17.9. The molecule has 1 aromatic carbocycles. The Morgan fingerprint density at radius 1 is 1.27 bits per heavy atom. The van der Waals surface area contributed by atoms with Crippen LogP contribution in [0.15, 0.2) is 24.3 Å². The van der Waals surface area contributed by atoms with Crippen LogP contribution in [0.25, 0.3) is 0 Å². The molecule has 8 heteroatoms. The normalized spacial score (nSPS) is 23.4. The van der Waals surface area contributed by atoms with E-state index >= 15 is 0 Å². The van der Waals surface area contributed by atoms with Crippen LogP contribution >= 0.6 is 0 Å². The summed E-state index contributed by atoms with van der Waals surface area (Å²) >= 11 is 0. The molecule has 30 heavy (non-hydrogen) atoms. The Hall–Kier alpha value is -2.90. The Morgan fingerprint density at radius 3 is 2.70 bits per heavy atom. The summed E-state index contributed by atoms with van der Waals surface area (Å²) in [6.45, 7) is 3.43. The van der Waals surface area contributed by atoms with Crippen LogP contribution < -0.4 is 10.6 Å². The third kappa shape index (κ3) is 4.17. The molecule has 2 atom stereocenters. The molecule has 0 aromatic heterocycles. The molecule has 0 unspecified atom stereocenters. The molecule has 1 spiro atoms. The number of benzene rings is 1. The second-order valence-electron chi connectivity index (χ2n) is 8.25. The van der Waals surface area contributed by atoms with Crippen molar-refractivity contribution in [2.45, 2.75) is 51.5 Å². The molecule has 1 aromatic rings. The molecule has 162 valence electrons. The van der Waals surface area contributed by atoms with Gasteiger partial charge in [0.15, 0.2) is 0 Å². The zero-order valence-electron chi connectivity index (χ0n) is 17.9. The standard InChI is InChI=1S/C22H30N4O4/c1-4-16-10-5-6-11-17(16)23-18(27)13-25(3)19(28)14-26-20(29)22(24-21(26)30)12-8-7-9-15(22)2/h5-6,10-11,15H,4,7-9,12-14H2,1-3H3,(H,23,27)(H,24,30)/t15-,22-/m0/s1. The number of likely N-dealkylation sites (N-methyl/N-ethyl adjacent to an activating group) is 1. The van der Waals surface area contributed by atoms with Crippen LogP contribution in [0.5, 0.6) is 0 Å². The molecule has 3 rings (SSSR count). The van der Waals surface area contributed by atoms with Crippen molar-refractivity contribution in [2.24, 2.45) is 5.92 Å². The van der Waals surface area contributed by atoms with E-state index in [-0.39, 0.29) is 30.8 Å². The summed E-state index contributed by atoms with van der Waals surface area (Å²) in [6, 6.07) is 6.96. The highest BCUT2D eigenvalue weighted by molar-refractivity contribution is 6.09. The highest BCUT2D eigenvalue weighted by atomic mass is 16.2. The van der Waals surface area contributed by atoms with E-state index in [1.807, 2.05) is 38.1 Å². The van der Waals surface area contributed by atoms with Crippen molar-refractivity contribution in [3.63, 3.8) is 0 Å². The van der Waals surface area contributed by atoms with E-state index in [9.17, 15) is 19.2 Å². The van der Waals surface area contributed by atoms with E-state index in [2.05, 4.69) is 10.6 Å². The molecule has 1 heterocycles. The van der Waals surface area contributed by atoms with Gasteiger partial charge < -0.3 is 15.5 Å². The summed E-state index contributed by atoms with van der Waals surface area (Å²) in [4.78, 5) is 52.7. The molecule has 2 aliphatic rings. The second kappa shape index (κ2) is 8.85. The molecule has 1 aliphatic heterocycles. The number of rotatable bonds is 6.